The summed E-state index contributed by atoms with van der Waals surface area (Å²) in [6.45, 7) is 0.616. The molecule has 0 saturated carbocycles. The van der Waals surface area contributed by atoms with E-state index in [1.165, 1.54) is 12.1 Å². The minimum absolute atomic E-state index is 0.0951. The molecule has 0 aliphatic rings. The molecule has 3 N–H and O–H groups in total. The molecule has 0 saturated heterocycles. The van der Waals surface area contributed by atoms with Crippen LogP contribution in [0.3, 0.4) is 0 Å². The number of nitrogens with one attached hydrogen (secondary N) is 1. The van der Waals surface area contributed by atoms with Gasteiger partial charge in [-0.05, 0) is 24.1 Å². The number of benzene rings is 1. The van der Waals surface area contributed by atoms with Crippen molar-refractivity contribution in [3.05, 3.63) is 52.1 Å². The minimum atomic E-state index is -0.555. The maximum absolute atomic E-state index is 10.7. The Labute approximate surface area is 121 Å². The molecule has 1 aromatic heterocycles. The Morgan fingerprint density at radius 3 is 2.76 bits per heavy atom. The van der Waals surface area contributed by atoms with Crippen molar-refractivity contribution in [3.8, 4) is 5.75 Å². The van der Waals surface area contributed by atoms with Gasteiger partial charge >= 0.3 is 5.69 Å². The van der Waals surface area contributed by atoms with Crippen molar-refractivity contribution in [3.63, 3.8) is 0 Å². The van der Waals surface area contributed by atoms with E-state index < -0.39 is 4.92 Å². The second kappa shape index (κ2) is 6.56. The third-order valence-electron chi connectivity index (χ3n) is 2.99. The Morgan fingerprint density at radius 1 is 1.33 bits per heavy atom. The topological polar surface area (TPSA) is 103 Å². The first kappa shape index (κ1) is 14.6. The lowest BCUT2D eigenvalue weighted by molar-refractivity contribution is -0.384. The summed E-state index contributed by atoms with van der Waals surface area (Å²) in [5.41, 5.74) is 6.42. The summed E-state index contributed by atoms with van der Waals surface area (Å²) < 4.78 is 5.27. The lowest BCUT2D eigenvalue weighted by Gasteiger charge is -2.09. The molecule has 0 fully saturated rings. The first-order valence-electron chi connectivity index (χ1n) is 6.38. The maximum Gasteiger partial charge on any atom is 0.311 e. The fourth-order valence-corrected chi connectivity index (χ4v) is 1.96. The van der Waals surface area contributed by atoms with E-state index in [-0.39, 0.29) is 11.5 Å². The molecule has 0 spiro atoms. The Balaban J connectivity index is 1.97. The number of nitrogens with two attached hydrogens (primary N) is 1. The lowest BCUT2D eigenvalue weighted by Crippen LogP contribution is -2.08. The zero-order valence-corrected chi connectivity index (χ0v) is 11.6. The molecule has 7 nitrogen and oxygen atoms in total. The van der Waals surface area contributed by atoms with Gasteiger partial charge in [0.05, 0.1) is 12.0 Å². The van der Waals surface area contributed by atoms with E-state index in [9.17, 15) is 10.1 Å². The number of rotatable bonds is 6. The number of methoxy groups -OCH3 is 1. The monoisotopic (exact) mass is 288 g/mol. The number of nitrogens with zero attached hydrogens (tertiary/aromatic N) is 2. The van der Waals surface area contributed by atoms with Gasteiger partial charge in [-0.15, -0.1) is 0 Å². The second-order valence-electron chi connectivity index (χ2n) is 4.35. The van der Waals surface area contributed by atoms with Crippen molar-refractivity contribution in [2.24, 2.45) is 0 Å². The predicted molar refractivity (Wildman–Crippen MR) is 80.5 cm³/mol. The quantitative estimate of drug-likeness (QED) is 0.624. The second-order valence-corrected chi connectivity index (χ2v) is 4.35. The number of pyridine rings is 1. The van der Waals surface area contributed by atoms with E-state index in [0.717, 1.165) is 17.7 Å². The molecule has 21 heavy (non-hydrogen) atoms. The van der Waals surface area contributed by atoms with Gasteiger partial charge in [-0.25, -0.2) is 4.98 Å². The normalized spacial score (nSPS) is 10.1. The van der Waals surface area contributed by atoms with Crippen molar-refractivity contribution in [2.75, 3.05) is 24.7 Å². The highest BCUT2D eigenvalue weighted by Crippen LogP contribution is 2.21. The average Bonchev–Trinajstić information content (AvgIpc) is 2.47. The van der Waals surface area contributed by atoms with E-state index in [2.05, 4.69) is 10.3 Å². The fourth-order valence-electron chi connectivity index (χ4n) is 1.96. The number of anilines is 2. The summed E-state index contributed by atoms with van der Waals surface area (Å²) in [7, 11) is 1.63. The molecule has 2 rings (SSSR count). The van der Waals surface area contributed by atoms with Crippen LogP contribution in [0.2, 0.25) is 0 Å². The van der Waals surface area contributed by atoms with Crippen LogP contribution in [0.1, 0.15) is 5.56 Å². The van der Waals surface area contributed by atoms with Gasteiger partial charge in [0.15, 0.2) is 0 Å². The van der Waals surface area contributed by atoms with Crippen LogP contribution in [0.25, 0.3) is 0 Å². The van der Waals surface area contributed by atoms with Crippen molar-refractivity contribution < 1.29 is 9.66 Å². The van der Waals surface area contributed by atoms with Crippen LogP contribution in [-0.4, -0.2) is 23.6 Å². The minimum Gasteiger partial charge on any atom is -0.496 e. The number of nitrogen functional groups attached to an aromatic ring is 1. The summed E-state index contributed by atoms with van der Waals surface area (Å²) in [5.74, 6) is 1.24. The highest BCUT2D eigenvalue weighted by Gasteiger charge is 2.12. The molecule has 0 atom stereocenters. The molecule has 0 aliphatic heterocycles. The molecule has 110 valence electrons. The van der Waals surface area contributed by atoms with Crippen LogP contribution in [0.15, 0.2) is 36.4 Å². The molecule has 2 aromatic rings. The van der Waals surface area contributed by atoms with Gasteiger partial charge in [0, 0.05) is 12.6 Å². The van der Waals surface area contributed by atoms with Gasteiger partial charge in [-0.3, -0.25) is 10.1 Å². The van der Waals surface area contributed by atoms with Crippen molar-refractivity contribution in [1.82, 2.24) is 4.98 Å². The van der Waals surface area contributed by atoms with Gasteiger partial charge in [0.25, 0.3) is 0 Å². The Morgan fingerprint density at radius 2 is 2.10 bits per heavy atom. The van der Waals surface area contributed by atoms with Crippen molar-refractivity contribution in [2.45, 2.75) is 6.42 Å². The number of aromatic nitrogens is 1. The number of hydrogen-bond acceptors (Lipinski definition) is 6. The van der Waals surface area contributed by atoms with Crippen LogP contribution in [0.5, 0.6) is 5.75 Å². The van der Waals surface area contributed by atoms with Crippen LogP contribution in [-0.2, 0) is 6.42 Å². The summed E-state index contributed by atoms with van der Waals surface area (Å²) in [4.78, 5) is 14.1. The molecule has 0 radical (unpaired) electrons. The summed E-state index contributed by atoms with van der Waals surface area (Å²) >= 11 is 0. The first-order valence-corrected chi connectivity index (χ1v) is 6.38. The third-order valence-corrected chi connectivity index (χ3v) is 2.99. The molecule has 1 heterocycles. The molecule has 0 unspecified atom stereocenters. The van der Waals surface area contributed by atoms with Crippen LogP contribution in [0.4, 0.5) is 17.3 Å². The standard InChI is InChI=1S/C14H16N4O3/c1-21-12-5-3-2-4-10(12)8-9-16-13-7-6-11(18(19)20)14(15)17-13/h2-7H,8-9H2,1H3,(H3,15,16,17). The lowest BCUT2D eigenvalue weighted by atomic mass is 10.1. The van der Waals surface area contributed by atoms with Gasteiger partial charge in [0.1, 0.15) is 11.6 Å². The maximum atomic E-state index is 10.7. The fraction of sp³-hybridized carbons (Fsp3) is 0.214. The van der Waals surface area contributed by atoms with E-state index in [1.807, 2.05) is 24.3 Å². The largest absolute Gasteiger partial charge is 0.496 e. The van der Waals surface area contributed by atoms with Gasteiger partial charge in [0.2, 0.25) is 5.82 Å². The van der Waals surface area contributed by atoms with Crippen molar-refractivity contribution in [1.29, 1.82) is 0 Å². The van der Waals surface area contributed by atoms with Crippen LogP contribution < -0.4 is 15.8 Å². The number of hydrogen-bond donors (Lipinski definition) is 2. The van der Waals surface area contributed by atoms with Crippen LogP contribution >= 0.6 is 0 Å². The summed E-state index contributed by atoms with van der Waals surface area (Å²) in [5, 5.41) is 13.7. The molecule has 0 aliphatic carbocycles. The van der Waals surface area contributed by atoms with E-state index in [1.54, 1.807) is 7.11 Å². The highest BCUT2D eigenvalue weighted by atomic mass is 16.6. The van der Waals surface area contributed by atoms with Crippen LogP contribution in [0, 0.1) is 10.1 Å². The SMILES string of the molecule is COc1ccccc1CCNc1ccc([N+](=O)[O-])c(N)n1. The molecular weight excluding hydrogens is 272 g/mol. The zero-order valence-electron chi connectivity index (χ0n) is 11.6. The van der Waals surface area contributed by atoms with E-state index >= 15 is 0 Å². The van der Waals surface area contributed by atoms with E-state index in [0.29, 0.717) is 12.4 Å². The smallest absolute Gasteiger partial charge is 0.311 e. The first-order chi connectivity index (χ1) is 10.1. The summed E-state index contributed by atoms with van der Waals surface area (Å²) in [6.07, 6.45) is 0.739. The molecule has 0 bridgehead atoms. The third kappa shape index (κ3) is 3.59. The number of para-hydroxylation sites is 1. The molecule has 7 heteroatoms. The number of ether oxygens (including phenoxy) is 1. The Bertz CT molecular complexity index is 646. The van der Waals surface area contributed by atoms with Crippen molar-refractivity contribution >= 4 is 17.3 Å². The Kier molecular flexibility index (Phi) is 4.55. The molecule has 1 aromatic carbocycles. The molecule has 0 amide bonds. The predicted octanol–water partition coefficient (Wildman–Crippen LogP) is 2.24. The Hall–Kier alpha value is -2.83. The average molecular weight is 288 g/mol. The van der Waals surface area contributed by atoms with Gasteiger partial charge in [-0.2, -0.15) is 0 Å². The van der Waals surface area contributed by atoms with Gasteiger partial charge < -0.3 is 15.8 Å². The van der Waals surface area contributed by atoms with Gasteiger partial charge in [-0.1, -0.05) is 18.2 Å². The molecular formula is C14H16N4O3. The highest BCUT2D eigenvalue weighted by molar-refractivity contribution is 5.57. The van der Waals surface area contributed by atoms with E-state index in [4.69, 9.17) is 10.5 Å². The zero-order chi connectivity index (χ0) is 15.2. The summed E-state index contributed by atoms with van der Waals surface area (Å²) in [6, 6.07) is 10.6. The number of nitro groups is 1.